The highest BCUT2D eigenvalue weighted by molar-refractivity contribution is 6.24. The van der Waals surface area contributed by atoms with Crippen molar-refractivity contribution < 1.29 is 29.0 Å². The van der Waals surface area contributed by atoms with Crippen LogP contribution in [-0.2, 0) is 19.2 Å². The first kappa shape index (κ1) is 24.4. The Balaban J connectivity index is 1.54. The molecule has 0 radical (unpaired) electrons. The van der Waals surface area contributed by atoms with E-state index in [-0.39, 0.29) is 35.3 Å². The summed E-state index contributed by atoms with van der Waals surface area (Å²) in [6.07, 6.45) is 2.74. The highest BCUT2D eigenvalue weighted by Crippen LogP contribution is 2.63. The fourth-order valence-corrected chi connectivity index (χ4v) is 7.36. The van der Waals surface area contributed by atoms with Gasteiger partial charge in [-0.1, -0.05) is 35.9 Å². The molecule has 0 bridgehead atoms. The van der Waals surface area contributed by atoms with E-state index in [9.17, 15) is 24.3 Å². The molecular formula is C30H30N2O6. The van der Waals surface area contributed by atoms with Gasteiger partial charge in [-0.05, 0) is 62.4 Å². The summed E-state index contributed by atoms with van der Waals surface area (Å²) in [7, 11) is 1.52. The van der Waals surface area contributed by atoms with E-state index in [4.69, 9.17) is 4.74 Å². The maximum Gasteiger partial charge on any atom is 0.241 e. The van der Waals surface area contributed by atoms with E-state index in [1.165, 1.54) is 16.8 Å². The summed E-state index contributed by atoms with van der Waals surface area (Å²) in [5.41, 5.74) is 1.03. The number of carbonyl (C=O) groups excluding carboxylic acids is 4. The van der Waals surface area contributed by atoms with Crippen molar-refractivity contribution in [1.82, 2.24) is 4.90 Å². The number of imide groups is 2. The molecule has 2 heterocycles. The van der Waals surface area contributed by atoms with Crippen molar-refractivity contribution >= 4 is 29.3 Å². The van der Waals surface area contributed by atoms with Crippen LogP contribution in [0.1, 0.15) is 38.2 Å². The van der Waals surface area contributed by atoms with Gasteiger partial charge in [-0.2, -0.15) is 0 Å². The molecular weight excluding hydrogens is 484 g/mol. The molecule has 8 nitrogen and oxygen atoms in total. The average molecular weight is 515 g/mol. The second-order valence-electron chi connectivity index (χ2n) is 10.9. The highest BCUT2D eigenvalue weighted by atomic mass is 16.5. The number of likely N-dealkylation sites (tertiary alicyclic amines) is 1. The Hall–Kier alpha value is -3.94. The van der Waals surface area contributed by atoms with Crippen molar-refractivity contribution in [3.8, 4) is 11.5 Å². The van der Waals surface area contributed by atoms with E-state index in [2.05, 4.69) is 0 Å². The lowest BCUT2D eigenvalue weighted by molar-refractivity contribution is -0.138. The minimum absolute atomic E-state index is 0.0136. The van der Waals surface area contributed by atoms with Gasteiger partial charge in [-0.25, -0.2) is 4.90 Å². The number of phenols is 1. The Morgan fingerprint density at radius 2 is 1.74 bits per heavy atom. The molecule has 38 heavy (non-hydrogen) atoms. The molecule has 2 aliphatic heterocycles. The predicted octanol–water partition coefficient (Wildman–Crippen LogP) is 3.65. The van der Waals surface area contributed by atoms with E-state index < -0.39 is 29.1 Å². The molecule has 4 amide bonds. The predicted molar refractivity (Wildman–Crippen MR) is 138 cm³/mol. The molecule has 196 valence electrons. The summed E-state index contributed by atoms with van der Waals surface area (Å²) >= 11 is 0. The summed E-state index contributed by atoms with van der Waals surface area (Å²) < 4.78 is 5.66. The molecule has 1 saturated carbocycles. The summed E-state index contributed by atoms with van der Waals surface area (Å²) in [5.74, 6) is -3.30. The second kappa shape index (κ2) is 8.55. The van der Waals surface area contributed by atoms with Crippen LogP contribution in [0.15, 0.2) is 60.2 Å². The first-order valence-electron chi connectivity index (χ1n) is 13.1. The van der Waals surface area contributed by atoms with Gasteiger partial charge in [0.15, 0.2) is 11.5 Å². The number of nitrogens with zero attached hydrogens (tertiary/aromatic N) is 2. The van der Waals surface area contributed by atoms with Crippen LogP contribution in [0.2, 0.25) is 0 Å². The molecule has 3 fully saturated rings. The number of para-hydroxylation sites is 1. The number of hydrogen-bond acceptors (Lipinski definition) is 6. The lowest BCUT2D eigenvalue weighted by atomic mass is 9.51. The van der Waals surface area contributed by atoms with E-state index in [0.717, 1.165) is 11.1 Å². The third-order valence-corrected chi connectivity index (χ3v) is 9.13. The van der Waals surface area contributed by atoms with Gasteiger partial charge in [0.1, 0.15) is 0 Å². The average Bonchev–Trinajstić information content (AvgIpc) is 3.25. The molecule has 6 unspecified atom stereocenters. The van der Waals surface area contributed by atoms with E-state index in [0.29, 0.717) is 30.9 Å². The van der Waals surface area contributed by atoms with Crippen molar-refractivity contribution in [2.75, 3.05) is 18.6 Å². The largest absolute Gasteiger partial charge is 0.504 e. The number of fused-ring (bicyclic) bond motifs is 4. The van der Waals surface area contributed by atoms with Gasteiger partial charge < -0.3 is 9.84 Å². The van der Waals surface area contributed by atoms with Crippen LogP contribution in [0.25, 0.3) is 0 Å². The van der Waals surface area contributed by atoms with Gasteiger partial charge in [0, 0.05) is 13.0 Å². The van der Waals surface area contributed by atoms with Gasteiger partial charge in [-0.15, -0.1) is 0 Å². The third-order valence-electron chi connectivity index (χ3n) is 9.13. The first-order valence-corrected chi connectivity index (χ1v) is 13.1. The molecule has 4 aliphatic rings. The van der Waals surface area contributed by atoms with Crippen molar-refractivity contribution in [2.24, 2.45) is 29.1 Å². The van der Waals surface area contributed by atoms with Crippen molar-refractivity contribution in [3.63, 3.8) is 0 Å². The van der Waals surface area contributed by atoms with Crippen LogP contribution in [0.3, 0.4) is 0 Å². The molecule has 0 spiro atoms. The smallest absolute Gasteiger partial charge is 0.241 e. The molecule has 2 aliphatic carbocycles. The lowest BCUT2D eigenvalue weighted by Gasteiger charge is -2.49. The Bertz CT molecular complexity index is 1400. The van der Waals surface area contributed by atoms with Crippen molar-refractivity contribution in [3.05, 3.63) is 65.7 Å². The van der Waals surface area contributed by atoms with Crippen molar-refractivity contribution in [1.29, 1.82) is 0 Å². The number of aromatic hydroxyl groups is 1. The zero-order valence-corrected chi connectivity index (χ0v) is 21.6. The minimum atomic E-state index is -1.12. The van der Waals surface area contributed by atoms with Crippen molar-refractivity contribution in [2.45, 2.75) is 32.6 Å². The molecule has 2 aromatic carbocycles. The number of rotatable bonds is 4. The molecule has 1 N–H and O–H groups in total. The Kier molecular flexibility index (Phi) is 5.49. The summed E-state index contributed by atoms with van der Waals surface area (Å²) in [6, 6.07) is 13.9. The Morgan fingerprint density at radius 3 is 2.45 bits per heavy atom. The number of hydrogen-bond donors (Lipinski definition) is 1. The number of amides is 4. The number of ether oxygens (including phenoxy) is 1. The van der Waals surface area contributed by atoms with Gasteiger partial charge in [0.2, 0.25) is 23.6 Å². The molecule has 2 saturated heterocycles. The number of allylic oxidation sites excluding steroid dienone is 2. The topological polar surface area (TPSA) is 104 Å². The van der Waals surface area contributed by atoms with Gasteiger partial charge in [-0.3, -0.25) is 24.1 Å². The highest BCUT2D eigenvalue weighted by Gasteiger charge is 2.67. The Labute approximate surface area is 220 Å². The van der Waals surface area contributed by atoms with Crippen LogP contribution in [0.5, 0.6) is 11.5 Å². The minimum Gasteiger partial charge on any atom is -0.504 e. The maximum atomic E-state index is 14.3. The third kappa shape index (κ3) is 3.15. The van der Waals surface area contributed by atoms with E-state index >= 15 is 0 Å². The van der Waals surface area contributed by atoms with Gasteiger partial charge >= 0.3 is 0 Å². The SMILES string of the molecule is CCOc1cc(C2C3=CCC4C(=O)N(C)C(=O)C4C3CC3C(=O)N(c4ccccc4)C(=O)C32C)ccc1O. The number of benzene rings is 2. The standard InChI is InChI=1S/C30H30N2O6/c1-4-38-23-14-16(10-13-22(23)33)25-18-11-12-19-24(28(36)31(3)26(19)34)20(18)15-21-27(35)32(29(37)30(21,25)2)17-8-6-5-7-9-17/h5-11,13-14,19-21,24-25,33H,4,12,15H2,1-3H3. The fraction of sp³-hybridized carbons (Fsp3) is 0.400. The molecule has 8 heteroatoms. The number of carbonyl (C=O) groups is 4. The number of anilines is 1. The van der Waals surface area contributed by atoms with E-state index in [1.807, 2.05) is 26.0 Å². The maximum absolute atomic E-state index is 14.3. The Morgan fingerprint density at radius 1 is 1.00 bits per heavy atom. The fourth-order valence-electron chi connectivity index (χ4n) is 7.36. The lowest BCUT2D eigenvalue weighted by Crippen LogP contribution is -2.48. The zero-order valence-electron chi connectivity index (χ0n) is 21.6. The van der Waals surface area contributed by atoms with Crippen LogP contribution >= 0.6 is 0 Å². The molecule has 0 aromatic heterocycles. The quantitative estimate of drug-likeness (QED) is 0.493. The molecule has 6 rings (SSSR count). The van der Waals surface area contributed by atoms with E-state index in [1.54, 1.807) is 42.5 Å². The van der Waals surface area contributed by atoms with Gasteiger partial charge in [0.25, 0.3) is 0 Å². The zero-order chi connectivity index (χ0) is 26.9. The first-order chi connectivity index (χ1) is 18.2. The summed E-state index contributed by atoms with van der Waals surface area (Å²) in [6.45, 7) is 4.01. The normalized spacial score (nSPS) is 32.2. The summed E-state index contributed by atoms with van der Waals surface area (Å²) in [5, 5.41) is 10.4. The molecule has 2 aromatic rings. The summed E-state index contributed by atoms with van der Waals surface area (Å²) in [4.78, 5) is 56.9. The number of phenolic OH excluding ortho intramolecular Hbond substituents is 1. The van der Waals surface area contributed by atoms with Crippen LogP contribution in [0, 0.1) is 29.1 Å². The van der Waals surface area contributed by atoms with Gasteiger partial charge in [0.05, 0.1) is 35.5 Å². The second-order valence-corrected chi connectivity index (χ2v) is 10.9. The molecule has 6 atom stereocenters. The van der Waals surface area contributed by atoms with Crippen LogP contribution < -0.4 is 9.64 Å². The monoisotopic (exact) mass is 514 g/mol. The van der Waals surface area contributed by atoms with Crippen LogP contribution in [-0.4, -0.2) is 47.3 Å². The van der Waals surface area contributed by atoms with Crippen LogP contribution in [0.4, 0.5) is 5.69 Å².